The van der Waals surface area contributed by atoms with Crippen LogP contribution in [0.1, 0.15) is 37.8 Å². The van der Waals surface area contributed by atoms with E-state index in [-0.39, 0.29) is 22.7 Å². The summed E-state index contributed by atoms with van der Waals surface area (Å²) in [6.45, 7) is 0. The van der Waals surface area contributed by atoms with Gasteiger partial charge in [0, 0.05) is 0 Å². The highest BCUT2D eigenvalue weighted by Gasteiger charge is 2.25. The van der Waals surface area contributed by atoms with Crippen LogP contribution in [0.5, 0.6) is 0 Å². The SMILES string of the molecule is COC(=O)c1ccc(C(=O)OC)c(NC(=O)C(c2ccccc2)c2ccccc2)c1. The van der Waals surface area contributed by atoms with Crippen molar-refractivity contribution in [2.24, 2.45) is 0 Å². The molecule has 0 aromatic heterocycles. The highest BCUT2D eigenvalue weighted by molar-refractivity contribution is 6.05. The van der Waals surface area contributed by atoms with E-state index in [0.717, 1.165) is 11.1 Å². The van der Waals surface area contributed by atoms with Crippen LogP contribution in [-0.2, 0) is 14.3 Å². The number of nitrogens with one attached hydrogen (secondary N) is 1. The topological polar surface area (TPSA) is 81.7 Å². The molecular weight excluding hydrogens is 382 g/mol. The third kappa shape index (κ3) is 4.55. The van der Waals surface area contributed by atoms with E-state index < -0.39 is 17.9 Å². The summed E-state index contributed by atoms with van der Waals surface area (Å²) in [5.74, 6) is -2.17. The molecule has 0 radical (unpaired) electrons. The second-order valence-electron chi connectivity index (χ2n) is 6.49. The summed E-state index contributed by atoms with van der Waals surface area (Å²) in [6.07, 6.45) is 0. The first-order chi connectivity index (χ1) is 14.5. The molecule has 0 saturated heterocycles. The summed E-state index contributed by atoms with van der Waals surface area (Å²) < 4.78 is 9.55. The predicted molar refractivity (Wildman–Crippen MR) is 112 cm³/mol. The van der Waals surface area contributed by atoms with E-state index in [9.17, 15) is 14.4 Å². The monoisotopic (exact) mass is 403 g/mol. The van der Waals surface area contributed by atoms with Gasteiger partial charge in [0.25, 0.3) is 0 Å². The number of carbonyl (C=O) groups excluding carboxylic acids is 3. The number of ether oxygens (including phenoxy) is 2. The summed E-state index contributed by atoms with van der Waals surface area (Å²) in [5, 5.41) is 2.79. The molecule has 30 heavy (non-hydrogen) atoms. The smallest absolute Gasteiger partial charge is 0.339 e. The number of methoxy groups -OCH3 is 2. The van der Waals surface area contributed by atoms with Gasteiger partial charge in [0.2, 0.25) is 5.91 Å². The van der Waals surface area contributed by atoms with Crippen molar-refractivity contribution in [3.05, 3.63) is 101 Å². The zero-order valence-electron chi connectivity index (χ0n) is 16.6. The Hall–Kier alpha value is -3.93. The second-order valence-corrected chi connectivity index (χ2v) is 6.49. The van der Waals surface area contributed by atoms with Gasteiger partial charge in [-0.2, -0.15) is 0 Å². The molecule has 3 rings (SSSR count). The van der Waals surface area contributed by atoms with E-state index in [1.54, 1.807) is 0 Å². The van der Waals surface area contributed by atoms with Crippen LogP contribution >= 0.6 is 0 Å². The Kier molecular flexibility index (Phi) is 6.60. The number of esters is 2. The summed E-state index contributed by atoms with van der Waals surface area (Å²) in [5.41, 5.74) is 2.11. The zero-order valence-corrected chi connectivity index (χ0v) is 16.6. The van der Waals surface area contributed by atoms with E-state index in [2.05, 4.69) is 5.32 Å². The van der Waals surface area contributed by atoms with Crippen molar-refractivity contribution in [3.63, 3.8) is 0 Å². The standard InChI is InChI=1S/C24H21NO5/c1-29-23(27)18-13-14-19(24(28)30-2)20(15-18)25-22(26)21(16-9-5-3-6-10-16)17-11-7-4-8-12-17/h3-15,21H,1-2H3,(H,25,26). The molecule has 152 valence electrons. The first-order valence-electron chi connectivity index (χ1n) is 9.26. The summed E-state index contributed by atoms with van der Waals surface area (Å²) >= 11 is 0. The molecule has 3 aromatic rings. The molecule has 0 fully saturated rings. The minimum atomic E-state index is -0.627. The third-order valence-corrected chi connectivity index (χ3v) is 4.63. The minimum Gasteiger partial charge on any atom is -0.465 e. The molecule has 0 bridgehead atoms. The second kappa shape index (κ2) is 9.52. The third-order valence-electron chi connectivity index (χ3n) is 4.63. The fourth-order valence-corrected chi connectivity index (χ4v) is 3.17. The maximum atomic E-state index is 13.3. The Balaban J connectivity index is 2.03. The van der Waals surface area contributed by atoms with Crippen LogP contribution in [-0.4, -0.2) is 32.1 Å². The van der Waals surface area contributed by atoms with Crippen LogP contribution in [0.3, 0.4) is 0 Å². The van der Waals surface area contributed by atoms with Crippen molar-refractivity contribution in [1.29, 1.82) is 0 Å². The highest BCUT2D eigenvalue weighted by Crippen LogP contribution is 2.28. The number of benzene rings is 3. The lowest BCUT2D eigenvalue weighted by molar-refractivity contribution is -0.116. The van der Waals surface area contributed by atoms with Gasteiger partial charge in [-0.05, 0) is 29.3 Å². The van der Waals surface area contributed by atoms with E-state index in [4.69, 9.17) is 9.47 Å². The van der Waals surface area contributed by atoms with Gasteiger partial charge in [0.15, 0.2) is 0 Å². The molecule has 0 aliphatic heterocycles. The van der Waals surface area contributed by atoms with Crippen LogP contribution in [0, 0.1) is 0 Å². The maximum Gasteiger partial charge on any atom is 0.339 e. The Morgan fingerprint density at radius 2 is 1.27 bits per heavy atom. The van der Waals surface area contributed by atoms with Crippen LogP contribution in [0.25, 0.3) is 0 Å². The van der Waals surface area contributed by atoms with E-state index in [0.29, 0.717) is 0 Å². The Labute approximate surface area is 174 Å². The number of hydrogen-bond donors (Lipinski definition) is 1. The Morgan fingerprint density at radius 3 is 1.77 bits per heavy atom. The van der Waals surface area contributed by atoms with Crippen LogP contribution in [0.2, 0.25) is 0 Å². The number of carbonyl (C=O) groups is 3. The molecule has 1 N–H and O–H groups in total. The largest absolute Gasteiger partial charge is 0.465 e. The Bertz CT molecular complexity index is 1010. The van der Waals surface area contributed by atoms with Crippen molar-refractivity contribution in [1.82, 2.24) is 0 Å². The number of anilines is 1. The fraction of sp³-hybridized carbons (Fsp3) is 0.125. The zero-order chi connectivity index (χ0) is 21.5. The van der Waals surface area contributed by atoms with Gasteiger partial charge < -0.3 is 14.8 Å². The first kappa shape index (κ1) is 20.8. The van der Waals surface area contributed by atoms with Crippen molar-refractivity contribution in [3.8, 4) is 0 Å². The summed E-state index contributed by atoms with van der Waals surface area (Å²) in [7, 11) is 2.51. The van der Waals surface area contributed by atoms with Crippen molar-refractivity contribution in [2.75, 3.05) is 19.5 Å². The van der Waals surface area contributed by atoms with Gasteiger partial charge in [-0.25, -0.2) is 9.59 Å². The van der Waals surface area contributed by atoms with Crippen molar-refractivity contribution in [2.45, 2.75) is 5.92 Å². The highest BCUT2D eigenvalue weighted by atomic mass is 16.5. The van der Waals surface area contributed by atoms with Gasteiger partial charge in [-0.3, -0.25) is 4.79 Å². The molecule has 0 saturated carbocycles. The number of rotatable bonds is 6. The predicted octanol–water partition coefficient (Wildman–Crippen LogP) is 4.03. The van der Waals surface area contributed by atoms with E-state index >= 15 is 0 Å². The van der Waals surface area contributed by atoms with E-state index in [1.807, 2.05) is 60.7 Å². The molecule has 1 amide bonds. The van der Waals surface area contributed by atoms with E-state index in [1.165, 1.54) is 32.4 Å². The maximum absolute atomic E-state index is 13.3. The van der Waals surface area contributed by atoms with Gasteiger partial charge in [-0.15, -0.1) is 0 Å². The first-order valence-corrected chi connectivity index (χ1v) is 9.26. The molecule has 0 heterocycles. The van der Waals surface area contributed by atoms with Crippen LogP contribution < -0.4 is 5.32 Å². The average molecular weight is 403 g/mol. The molecule has 6 nitrogen and oxygen atoms in total. The lowest BCUT2D eigenvalue weighted by Crippen LogP contribution is -2.24. The minimum absolute atomic E-state index is 0.137. The fourth-order valence-electron chi connectivity index (χ4n) is 3.17. The molecule has 0 aliphatic rings. The number of hydrogen-bond acceptors (Lipinski definition) is 5. The quantitative estimate of drug-likeness (QED) is 0.629. The molecule has 0 aliphatic carbocycles. The van der Waals surface area contributed by atoms with Gasteiger partial charge in [0.1, 0.15) is 0 Å². The molecule has 6 heteroatoms. The molecular formula is C24H21NO5. The van der Waals surface area contributed by atoms with Gasteiger partial charge in [-0.1, -0.05) is 60.7 Å². The lowest BCUT2D eigenvalue weighted by Gasteiger charge is -2.19. The molecule has 0 unspecified atom stereocenters. The van der Waals surface area contributed by atoms with Gasteiger partial charge >= 0.3 is 11.9 Å². The summed E-state index contributed by atoms with van der Waals surface area (Å²) in [6, 6.07) is 22.9. The average Bonchev–Trinajstić information content (AvgIpc) is 2.79. The lowest BCUT2D eigenvalue weighted by atomic mass is 9.90. The van der Waals surface area contributed by atoms with Gasteiger partial charge in [0.05, 0.1) is 37.0 Å². The van der Waals surface area contributed by atoms with Crippen LogP contribution in [0.15, 0.2) is 78.9 Å². The summed E-state index contributed by atoms with van der Waals surface area (Å²) in [4.78, 5) is 37.5. The Morgan fingerprint density at radius 1 is 0.733 bits per heavy atom. The van der Waals surface area contributed by atoms with Crippen LogP contribution in [0.4, 0.5) is 5.69 Å². The molecule has 3 aromatic carbocycles. The normalized spacial score (nSPS) is 10.4. The number of amides is 1. The molecule has 0 atom stereocenters. The van der Waals surface area contributed by atoms with Crippen molar-refractivity contribution < 1.29 is 23.9 Å². The van der Waals surface area contributed by atoms with Crippen molar-refractivity contribution >= 4 is 23.5 Å². The molecule has 0 spiro atoms.